The molecule has 0 aliphatic rings. The summed E-state index contributed by atoms with van der Waals surface area (Å²) in [4.78, 5) is 3.21. The molecule has 1 heterocycles. The third-order valence-corrected chi connectivity index (χ3v) is 6.72. The van der Waals surface area contributed by atoms with E-state index in [2.05, 4.69) is 138 Å². The summed E-state index contributed by atoms with van der Waals surface area (Å²) in [6.45, 7) is 35.1. The van der Waals surface area contributed by atoms with Crippen LogP contribution in [0.15, 0.2) is 128 Å². The monoisotopic (exact) mass is 590 g/mol. The summed E-state index contributed by atoms with van der Waals surface area (Å²) < 4.78 is 0. The van der Waals surface area contributed by atoms with Gasteiger partial charge in [-0.15, -0.1) is 0 Å². The summed E-state index contributed by atoms with van der Waals surface area (Å²) in [6.07, 6.45) is 5.98. The molecule has 0 aliphatic carbocycles. The van der Waals surface area contributed by atoms with Crippen LogP contribution in [0.5, 0.6) is 0 Å². The summed E-state index contributed by atoms with van der Waals surface area (Å²) in [5.41, 5.74) is 13.3. The number of hydrogen-bond donors (Lipinski definition) is 2. The van der Waals surface area contributed by atoms with E-state index in [1.54, 1.807) is 0 Å². The van der Waals surface area contributed by atoms with E-state index in [1.807, 2.05) is 59.0 Å². The number of aromatic amines is 1. The Bertz CT molecular complexity index is 1490. The molecule has 4 rings (SSSR count). The number of allylic oxidation sites excluding steroid dienone is 7. The summed E-state index contributed by atoms with van der Waals surface area (Å²) in [6, 6.07) is 25.2. The number of aromatic nitrogens is 1. The molecule has 0 amide bonds. The molecular formula is C42H58N2. The predicted molar refractivity (Wildman–Crippen MR) is 202 cm³/mol. The first-order chi connectivity index (χ1) is 21.0. The van der Waals surface area contributed by atoms with Gasteiger partial charge in [-0.05, 0) is 88.4 Å². The van der Waals surface area contributed by atoms with Gasteiger partial charge in [0, 0.05) is 34.9 Å². The van der Waals surface area contributed by atoms with E-state index in [1.165, 1.54) is 49.9 Å². The van der Waals surface area contributed by atoms with Gasteiger partial charge >= 0.3 is 0 Å². The summed E-state index contributed by atoms with van der Waals surface area (Å²) in [5, 5.41) is 4.69. The van der Waals surface area contributed by atoms with Gasteiger partial charge in [-0.25, -0.2) is 0 Å². The second-order valence-electron chi connectivity index (χ2n) is 10.4. The highest BCUT2D eigenvalue weighted by Gasteiger charge is 2.02. The van der Waals surface area contributed by atoms with Crippen LogP contribution < -0.4 is 5.32 Å². The Labute approximate surface area is 270 Å². The standard InChI is InChI=1S/C20H23N.C11H11N.C7H12.2C2H6/c1-15-9-11-19(12-10-15)14-21-18(4)13-17(3)20-8-6-5-7-16(20)2;1-8(2)10-7-12-11-6-4-3-5-9(10)11;1-5-7(4)6(2)3;2*1-2/h5-13,21H,3,14H2,1-2,4H3;3-7,12H,1H2,2H3;5H,1H2,2-4H3;2*1-2H3/b18-13+;;;;. The van der Waals surface area contributed by atoms with E-state index in [9.17, 15) is 0 Å². The minimum absolute atomic E-state index is 0.837. The second-order valence-corrected chi connectivity index (χ2v) is 10.4. The summed E-state index contributed by atoms with van der Waals surface area (Å²) >= 11 is 0. The molecule has 236 valence electrons. The van der Waals surface area contributed by atoms with Gasteiger partial charge in [0.25, 0.3) is 0 Å². The number of H-pyrrole nitrogens is 1. The number of para-hydroxylation sites is 1. The molecule has 2 N–H and O–H groups in total. The lowest BCUT2D eigenvalue weighted by Gasteiger charge is -2.10. The fourth-order valence-corrected chi connectivity index (χ4v) is 3.90. The van der Waals surface area contributed by atoms with Crippen molar-refractivity contribution in [1.29, 1.82) is 0 Å². The molecule has 0 unspecified atom stereocenters. The maximum atomic E-state index is 4.18. The van der Waals surface area contributed by atoms with E-state index in [-0.39, 0.29) is 0 Å². The SMILES string of the molecule is C=C(/C=C(\C)NCc1ccc(C)cc1)c1ccccc1C.C=C(C)c1c[nH]c2ccccc12.C=CC(C)=C(C)C.CC.CC. The first kappa shape index (κ1) is 39.7. The van der Waals surface area contributed by atoms with Crippen molar-refractivity contribution in [2.75, 3.05) is 0 Å². The maximum absolute atomic E-state index is 4.18. The lowest BCUT2D eigenvalue weighted by molar-refractivity contribution is 0.812. The molecule has 44 heavy (non-hydrogen) atoms. The number of aryl methyl sites for hydroxylation is 2. The number of fused-ring (bicyclic) bond motifs is 1. The highest BCUT2D eigenvalue weighted by atomic mass is 14.9. The van der Waals surface area contributed by atoms with Crippen LogP contribution in [-0.2, 0) is 6.54 Å². The van der Waals surface area contributed by atoms with Crippen LogP contribution in [0.2, 0.25) is 0 Å². The lowest BCUT2D eigenvalue weighted by Crippen LogP contribution is -2.10. The van der Waals surface area contributed by atoms with Gasteiger partial charge in [0.2, 0.25) is 0 Å². The van der Waals surface area contributed by atoms with Crippen molar-refractivity contribution in [2.45, 2.75) is 82.7 Å². The molecule has 0 atom stereocenters. The largest absolute Gasteiger partial charge is 0.384 e. The Morgan fingerprint density at radius 2 is 1.32 bits per heavy atom. The van der Waals surface area contributed by atoms with Gasteiger partial charge in [-0.2, -0.15) is 0 Å². The van der Waals surface area contributed by atoms with Crippen LogP contribution in [0.3, 0.4) is 0 Å². The zero-order valence-electron chi connectivity index (χ0n) is 29.5. The topological polar surface area (TPSA) is 27.8 Å². The molecule has 1 aromatic heterocycles. The highest BCUT2D eigenvalue weighted by Crippen LogP contribution is 2.23. The molecule has 0 spiro atoms. The average Bonchev–Trinajstić information content (AvgIpc) is 3.48. The molecule has 3 aromatic carbocycles. The number of benzene rings is 3. The van der Waals surface area contributed by atoms with Gasteiger partial charge in [-0.1, -0.05) is 137 Å². The van der Waals surface area contributed by atoms with Gasteiger partial charge < -0.3 is 10.3 Å². The van der Waals surface area contributed by atoms with E-state index >= 15 is 0 Å². The van der Waals surface area contributed by atoms with Crippen LogP contribution >= 0.6 is 0 Å². The number of nitrogens with one attached hydrogen (secondary N) is 2. The van der Waals surface area contributed by atoms with Gasteiger partial charge in [0.05, 0.1) is 0 Å². The van der Waals surface area contributed by atoms with Crippen molar-refractivity contribution >= 4 is 22.0 Å². The van der Waals surface area contributed by atoms with Crippen LogP contribution in [0.1, 0.15) is 90.1 Å². The van der Waals surface area contributed by atoms with Crippen molar-refractivity contribution in [3.63, 3.8) is 0 Å². The van der Waals surface area contributed by atoms with Crippen molar-refractivity contribution in [1.82, 2.24) is 10.3 Å². The Balaban J connectivity index is 0.000000676. The molecule has 0 radical (unpaired) electrons. The molecule has 0 aliphatic heterocycles. The minimum atomic E-state index is 0.837. The van der Waals surface area contributed by atoms with Crippen molar-refractivity contribution in [3.8, 4) is 0 Å². The fourth-order valence-electron chi connectivity index (χ4n) is 3.90. The lowest BCUT2D eigenvalue weighted by atomic mass is 10.0. The van der Waals surface area contributed by atoms with E-state index in [4.69, 9.17) is 0 Å². The highest BCUT2D eigenvalue weighted by molar-refractivity contribution is 5.91. The molecular weight excluding hydrogens is 532 g/mol. The third kappa shape index (κ3) is 14.2. The average molecular weight is 591 g/mol. The Kier molecular flexibility index (Phi) is 20.1. The number of rotatable bonds is 7. The number of hydrogen-bond acceptors (Lipinski definition) is 1. The van der Waals surface area contributed by atoms with E-state index in [0.29, 0.717) is 0 Å². The molecule has 2 heteroatoms. The fraction of sp³-hybridized carbons (Fsp3) is 0.286. The van der Waals surface area contributed by atoms with Crippen LogP contribution in [-0.4, -0.2) is 4.98 Å². The second kappa shape index (κ2) is 22.3. The molecule has 0 saturated carbocycles. The third-order valence-electron chi connectivity index (χ3n) is 6.72. The molecule has 4 aromatic rings. The van der Waals surface area contributed by atoms with Crippen molar-refractivity contribution < 1.29 is 0 Å². The van der Waals surface area contributed by atoms with Crippen LogP contribution in [0.4, 0.5) is 0 Å². The first-order valence-electron chi connectivity index (χ1n) is 15.7. The van der Waals surface area contributed by atoms with Crippen LogP contribution in [0, 0.1) is 13.8 Å². The van der Waals surface area contributed by atoms with Crippen molar-refractivity contribution in [2.24, 2.45) is 0 Å². The van der Waals surface area contributed by atoms with Gasteiger partial charge in [0.15, 0.2) is 0 Å². The quantitative estimate of drug-likeness (QED) is 0.206. The summed E-state index contributed by atoms with van der Waals surface area (Å²) in [5.74, 6) is 0. The molecule has 0 saturated heterocycles. The minimum Gasteiger partial charge on any atom is -0.384 e. The molecule has 0 bridgehead atoms. The Hall–Kier alpha value is -4.30. The zero-order valence-corrected chi connectivity index (χ0v) is 29.5. The molecule has 0 fully saturated rings. The summed E-state index contributed by atoms with van der Waals surface area (Å²) in [7, 11) is 0. The van der Waals surface area contributed by atoms with Crippen LogP contribution in [0.25, 0.3) is 22.0 Å². The molecule has 2 nitrogen and oxygen atoms in total. The van der Waals surface area contributed by atoms with E-state index in [0.717, 1.165) is 23.4 Å². The Morgan fingerprint density at radius 3 is 1.84 bits per heavy atom. The van der Waals surface area contributed by atoms with Gasteiger partial charge in [0.1, 0.15) is 0 Å². The first-order valence-corrected chi connectivity index (χ1v) is 15.7. The maximum Gasteiger partial charge on any atom is 0.0460 e. The van der Waals surface area contributed by atoms with Gasteiger partial charge in [-0.3, -0.25) is 0 Å². The predicted octanol–water partition coefficient (Wildman–Crippen LogP) is 12.8. The smallest absolute Gasteiger partial charge is 0.0460 e. The van der Waals surface area contributed by atoms with Crippen molar-refractivity contribution in [3.05, 3.63) is 156 Å². The van der Waals surface area contributed by atoms with E-state index < -0.39 is 0 Å². The Morgan fingerprint density at radius 1 is 0.750 bits per heavy atom. The zero-order chi connectivity index (χ0) is 33.7. The normalized spacial score (nSPS) is 9.75.